The lowest BCUT2D eigenvalue weighted by Gasteiger charge is -2.42. The molecular formula is C17H27N3O4. The molecule has 0 bridgehead atoms. The molecule has 0 aromatic carbocycles. The Morgan fingerprint density at radius 2 is 2.12 bits per heavy atom. The van der Waals surface area contributed by atoms with Gasteiger partial charge in [0.15, 0.2) is 0 Å². The van der Waals surface area contributed by atoms with E-state index in [0.29, 0.717) is 24.2 Å². The van der Waals surface area contributed by atoms with Crippen LogP contribution in [0.15, 0.2) is 6.07 Å². The largest absolute Gasteiger partial charge is 0.480 e. The highest BCUT2D eigenvalue weighted by Crippen LogP contribution is 2.26. The summed E-state index contributed by atoms with van der Waals surface area (Å²) in [5.41, 5.74) is 2.53. The van der Waals surface area contributed by atoms with Gasteiger partial charge in [-0.25, -0.2) is 4.79 Å². The first-order chi connectivity index (χ1) is 11.4. The fourth-order valence-electron chi connectivity index (χ4n) is 3.22. The highest BCUT2D eigenvalue weighted by atomic mass is 16.5. The number of methoxy groups -OCH3 is 1. The molecule has 1 heterocycles. The van der Waals surface area contributed by atoms with Gasteiger partial charge in [0.1, 0.15) is 0 Å². The van der Waals surface area contributed by atoms with Crippen LogP contribution in [0.1, 0.15) is 41.5 Å². The number of carbonyl (C=O) groups is 2. The monoisotopic (exact) mass is 337 g/mol. The molecule has 7 nitrogen and oxygen atoms in total. The third-order valence-electron chi connectivity index (χ3n) is 4.99. The van der Waals surface area contributed by atoms with E-state index in [0.717, 1.165) is 30.8 Å². The number of esters is 1. The second-order valence-electron chi connectivity index (χ2n) is 6.35. The van der Waals surface area contributed by atoms with Gasteiger partial charge >= 0.3 is 11.9 Å². The molecule has 0 spiro atoms. The van der Waals surface area contributed by atoms with Crippen LogP contribution in [0.25, 0.3) is 0 Å². The number of nitrogens with zero attached hydrogens (tertiary/aromatic N) is 2. The Hall–Kier alpha value is -1.86. The van der Waals surface area contributed by atoms with Gasteiger partial charge in [-0.1, -0.05) is 6.92 Å². The zero-order chi connectivity index (χ0) is 17.9. The van der Waals surface area contributed by atoms with E-state index in [4.69, 9.17) is 9.84 Å². The predicted octanol–water partition coefficient (Wildman–Crippen LogP) is 1.15. The summed E-state index contributed by atoms with van der Waals surface area (Å²) < 4.78 is 6.80. The van der Waals surface area contributed by atoms with Crippen LogP contribution in [0.3, 0.4) is 0 Å². The second-order valence-corrected chi connectivity index (χ2v) is 6.35. The summed E-state index contributed by atoms with van der Waals surface area (Å²) in [5.74, 6) is -1.09. The highest BCUT2D eigenvalue weighted by Gasteiger charge is 2.33. The first-order valence-electron chi connectivity index (χ1n) is 8.30. The van der Waals surface area contributed by atoms with E-state index in [2.05, 4.69) is 5.32 Å². The maximum atomic E-state index is 11.7. The van der Waals surface area contributed by atoms with Crippen molar-refractivity contribution in [3.05, 3.63) is 23.0 Å². The van der Waals surface area contributed by atoms with Crippen molar-refractivity contribution in [3.8, 4) is 0 Å². The maximum absolute atomic E-state index is 11.7. The molecule has 24 heavy (non-hydrogen) atoms. The molecule has 0 saturated heterocycles. The average Bonchev–Trinajstić information content (AvgIpc) is 2.79. The molecule has 2 N–H and O–H groups in total. The van der Waals surface area contributed by atoms with Crippen LogP contribution in [0.2, 0.25) is 0 Å². The number of carboxylic acids is 1. The SMILES string of the molecule is CCN(CC(=O)O)C1CC(NCc2cc(C(=O)OC)c(C)n2C)C1. The number of likely N-dealkylation sites (N-methyl/N-ethyl adjacent to an activating group) is 1. The lowest BCUT2D eigenvalue weighted by atomic mass is 9.85. The van der Waals surface area contributed by atoms with Crippen molar-refractivity contribution in [2.75, 3.05) is 20.2 Å². The van der Waals surface area contributed by atoms with E-state index in [1.54, 1.807) is 0 Å². The Labute approximate surface area is 142 Å². The van der Waals surface area contributed by atoms with Gasteiger partial charge in [0.2, 0.25) is 0 Å². The minimum Gasteiger partial charge on any atom is -0.480 e. The topological polar surface area (TPSA) is 83.8 Å². The van der Waals surface area contributed by atoms with Gasteiger partial charge in [0.05, 0.1) is 19.2 Å². The van der Waals surface area contributed by atoms with Gasteiger partial charge in [0, 0.05) is 37.1 Å². The fraction of sp³-hybridized carbons (Fsp3) is 0.647. The quantitative estimate of drug-likeness (QED) is 0.692. The number of hydrogen-bond acceptors (Lipinski definition) is 5. The van der Waals surface area contributed by atoms with Crippen molar-refractivity contribution >= 4 is 11.9 Å². The Bertz CT molecular complexity index is 605. The van der Waals surface area contributed by atoms with Gasteiger partial charge in [-0.3, -0.25) is 9.69 Å². The molecule has 1 aliphatic carbocycles. The maximum Gasteiger partial charge on any atom is 0.339 e. The summed E-state index contributed by atoms with van der Waals surface area (Å²) in [7, 11) is 3.33. The molecule has 0 radical (unpaired) electrons. The van der Waals surface area contributed by atoms with Crippen LogP contribution in [0, 0.1) is 6.92 Å². The molecule has 1 aliphatic rings. The predicted molar refractivity (Wildman–Crippen MR) is 90.0 cm³/mol. The fourth-order valence-corrected chi connectivity index (χ4v) is 3.22. The van der Waals surface area contributed by atoms with Crippen LogP contribution in [0.4, 0.5) is 0 Å². The van der Waals surface area contributed by atoms with Crippen LogP contribution in [-0.2, 0) is 23.1 Å². The lowest BCUT2D eigenvalue weighted by Crippen LogP contribution is -2.53. The van der Waals surface area contributed by atoms with Crippen molar-refractivity contribution in [3.63, 3.8) is 0 Å². The van der Waals surface area contributed by atoms with Crippen molar-refractivity contribution in [2.24, 2.45) is 7.05 Å². The minimum absolute atomic E-state index is 0.105. The third-order valence-corrected chi connectivity index (χ3v) is 4.99. The Morgan fingerprint density at radius 1 is 1.46 bits per heavy atom. The molecule has 1 saturated carbocycles. The van der Waals surface area contributed by atoms with E-state index >= 15 is 0 Å². The molecular weight excluding hydrogens is 310 g/mol. The van der Waals surface area contributed by atoms with Crippen LogP contribution >= 0.6 is 0 Å². The number of rotatable bonds is 8. The van der Waals surface area contributed by atoms with Crippen LogP contribution < -0.4 is 5.32 Å². The highest BCUT2D eigenvalue weighted by molar-refractivity contribution is 5.91. The van der Waals surface area contributed by atoms with Gasteiger partial charge in [-0.2, -0.15) is 0 Å². The summed E-state index contributed by atoms with van der Waals surface area (Å²) in [6, 6.07) is 2.59. The van der Waals surface area contributed by atoms with Crippen LogP contribution in [0.5, 0.6) is 0 Å². The van der Waals surface area contributed by atoms with Gasteiger partial charge in [-0.15, -0.1) is 0 Å². The van der Waals surface area contributed by atoms with E-state index in [9.17, 15) is 9.59 Å². The van der Waals surface area contributed by atoms with Gasteiger partial charge < -0.3 is 19.7 Å². The molecule has 0 atom stereocenters. The first-order valence-corrected chi connectivity index (χ1v) is 8.30. The molecule has 1 fully saturated rings. The zero-order valence-corrected chi connectivity index (χ0v) is 14.8. The van der Waals surface area contributed by atoms with Gasteiger partial charge in [-0.05, 0) is 32.4 Å². The van der Waals surface area contributed by atoms with Crippen LogP contribution in [-0.4, -0.2) is 58.8 Å². The standard InChI is InChI=1S/C17H27N3O4/c1-5-20(10-16(21)22)13-6-12(7-13)18-9-14-8-15(17(23)24-4)11(2)19(14)3/h8,12-13,18H,5-7,9-10H2,1-4H3,(H,21,22). The van der Waals surface area contributed by atoms with Crippen molar-refractivity contribution in [1.82, 2.24) is 14.8 Å². The molecule has 0 aliphatic heterocycles. The molecule has 1 aromatic rings. The summed E-state index contributed by atoms with van der Waals surface area (Å²) in [5, 5.41) is 12.4. The minimum atomic E-state index is -0.775. The normalized spacial score (nSPS) is 20.0. The smallest absolute Gasteiger partial charge is 0.339 e. The number of carbonyl (C=O) groups excluding carboxylic acids is 1. The Balaban J connectivity index is 1.86. The summed E-state index contributed by atoms with van der Waals surface area (Å²) in [4.78, 5) is 24.6. The zero-order valence-electron chi connectivity index (χ0n) is 14.8. The summed E-state index contributed by atoms with van der Waals surface area (Å²) in [6.07, 6.45) is 1.91. The number of nitrogens with one attached hydrogen (secondary N) is 1. The van der Waals surface area contributed by atoms with Crippen molar-refractivity contribution in [1.29, 1.82) is 0 Å². The Kier molecular flexibility index (Phi) is 6.01. The second kappa shape index (κ2) is 7.81. The van der Waals surface area contributed by atoms with E-state index in [-0.39, 0.29) is 12.5 Å². The van der Waals surface area contributed by atoms with Crippen molar-refractivity contribution < 1.29 is 19.4 Å². The average molecular weight is 337 g/mol. The number of aromatic nitrogens is 1. The molecule has 2 rings (SSSR count). The molecule has 1 aromatic heterocycles. The number of ether oxygens (including phenoxy) is 1. The number of carboxylic acid groups (broad SMARTS) is 1. The molecule has 0 amide bonds. The summed E-state index contributed by atoms with van der Waals surface area (Å²) >= 11 is 0. The number of hydrogen-bond donors (Lipinski definition) is 2. The van der Waals surface area contributed by atoms with E-state index < -0.39 is 5.97 Å². The Morgan fingerprint density at radius 3 is 2.67 bits per heavy atom. The molecule has 0 unspecified atom stereocenters. The molecule has 7 heteroatoms. The first kappa shape index (κ1) is 18.5. The third kappa shape index (κ3) is 3.96. The lowest BCUT2D eigenvalue weighted by molar-refractivity contribution is -0.139. The number of aliphatic carboxylic acids is 1. The van der Waals surface area contributed by atoms with E-state index in [1.807, 2.05) is 36.4 Å². The van der Waals surface area contributed by atoms with Gasteiger partial charge in [0.25, 0.3) is 0 Å². The summed E-state index contributed by atoms with van der Waals surface area (Å²) in [6.45, 7) is 5.43. The van der Waals surface area contributed by atoms with E-state index in [1.165, 1.54) is 7.11 Å². The van der Waals surface area contributed by atoms with Crippen molar-refractivity contribution in [2.45, 2.75) is 45.3 Å². The molecule has 134 valence electrons.